The molecule has 0 aliphatic rings. The molecule has 2 aromatic rings. The molecule has 1 heterocycles. The molecule has 0 bridgehead atoms. The number of thiazole rings is 1. The molecule has 0 aliphatic heterocycles. The summed E-state index contributed by atoms with van der Waals surface area (Å²) in [6, 6.07) is 5.36. The van der Waals surface area contributed by atoms with Gasteiger partial charge in [0, 0.05) is 10.9 Å². The summed E-state index contributed by atoms with van der Waals surface area (Å²) in [5, 5.41) is 3.48. The zero-order valence-electron chi connectivity index (χ0n) is 9.44. The first-order valence-corrected chi connectivity index (χ1v) is 6.71. The molecule has 0 fully saturated rings. The van der Waals surface area contributed by atoms with Crippen LogP contribution in [0.25, 0.3) is 11.3 Å². The quantitative estimate of drug-likeness (QED) is 0.809. The van der Waals surface area contributed by atoms with E-state index >= 15 is 0 Å². The van der Waals surface area contributed by atoms with Crippen molar-refractivity contribution in [1.82, 2.24) is 4.98 Å². The van der Waals surface area contributed by atoms with E-state index in [1.54, 1.807) is 6.07 Å². The second kappa shape index (κ2) is 5.69. The van der Waals surface area contributed by atoms with Crippen molar-refractivity contribution in [3.05, 3.63) is 38.6 Å². The zero-order valence-corrected chi connectivity index (χ0v) is 11.8. The number of benzene rings is 1. The van der Waals surface area contributed by atoms with Crippen molar-refractivity contribution in [1.29, 1.82) is 0 Å². The lowest BCUT2D eigenvalue weighted by Gasteiger charge is -2.01. The summed E-state index contributed by atoms with van der Waals surface area (Å²) in [7, 11) is 1.35. The van der Waals surface area contributed by atoms with Crippen LogP contribution in [-0.2, 0) is 16.0 Å². The highest BCUT2D eigenvalue weighted by Gasteiger charge is 2.12. The van der Waals surface area contributed by atoms with Gasteiger partial charge in [0.15, 0.2) is 0 Å². The minimum atomic E-state index is -0.312. The third kappa shape index (κ3) is 2.83. The first-order chi connectivity index (χ1) is 8.61. The molecule has 0 atom stereocenters. The fourth-order valence-corrected chi connectivity index (χ4v) is 2.59. The van der Waals surface area contributed by atoms with Crippen LogP contribution in [0.4, 0.5) is 0 Å². The summed E-state index contributed by atoms with van der Waals surface area (Å²) in [5.41, 5.74) is 1.47. The number of hydrogen-bond acceptors (Lipinski definition) is 4. The number of ether oxygens (including phenoxy) is 1. The van der Waals surface area contributed by atoms with Gasteiger partial charge in [-0.25, -0.2) is 4.98 Å². The lowest BCUT2D eigenvalue weighted by molar-refractivity contribution is -0.139. The zero-order chi connectivity index (χ0) is 13.1. The van der Waals surface area contributed by atoms with Gasteiger partial charge in [-0.15, -0.1) is 11.3 Å². The van der Waals surface area contributed by atoms with E-state index in [-0.39, 0.29) is 12.4 Å². The van der Waals surface area contributed by atoms with Crippen LogP contribution < -0.4 is 0 Å². The lowest BCUT2D eigenvalue weighted by atomic mass is 10.2. The molecule has 6 heteroatoms. The second-order valence-electron chi connectivity index (χ2n) is 3.48. The normalized spacial score (nSPS) is 10.4. The summed E-state index contributed by atoms with van der Waals surface area (Å²) in [4.78, 5) is 15.5. The lowest BCUT2D eigenvalue weighted by Crippen LogP contribution is -2.03. The monoisotopic (exact) mass is 301 g/mol. The maximum absolute atomic E-state index is 11.1. The minimum Gasteiger partial charge on any atom is -0.469 e. The molecule has 0 N–H and O–H groups in total. The Hall–Kier alpha value is -1.10. The number of carbonyl (C=O) groups excluding carboxylic acids is 1. The Morgan fingerprint density at radius 1 is 1.44 bits per heavy atom. The standard InChI is InChI=1S/C12H9Cl2NO2S/c1-17-11(16)5-10-15-9(6-18-10)7-3-2-4-8(13)12(7)14/h2-4,6H,5H2,1H3. The Morgan fingerprint density at radius 2 is 2.22 bits per heavy atom. The predicted molar refractivity (Wildman–Crippen MR) is 73.3 cm³/mol. The fourth-order valence-electron chi connectivity index (χ4n) is 1.41. The number of carbonyl (C=O) groups is 1. The summed E-state index contributed by atoms with van der Waals surface area (Å²) < 4.78 is 4.59. The number of methoxy groups -OCH3 is 1. The molecule has 2 rings (SSSR count). The molecule has 0 spiro atoms. The van der Waals surface area contributed by atoms with E-state index in [4.69, 9.17) is 23.2 Å². The van der Waals surface area contributed by atoms with Crippen molar-refractivity contribution in [2.45, 2.75) is 6.42 Å². The van der Waals surface area contributed by atoms with Gasteiger partial charge in [-0.2, -0.15) is 0 Å². The topological polar surface area (TPSA) is 39.2 Å². The van der Waals surface area contributed by atoms with Crippen LogP contribution >= 0.6 is 34.5 Å². The number of hydrogen-bond donors (Lipinski definition) is 0. The molecule has 1 aromatic carbocycles. The molecule has 18 heavy (non-hydrogen) atoms. The third-order valence-corrected chi connectivity index (χ3v) is 3.97. The van der Waals surface area contributed by atoms with Gasteiger partial charge in [0.25, 0.3) is 0 Å². The van der Waals surface area contributed by atoms with E-state index in [1.165, 1.54) is 18.4 Å². The Morgan fingerprint density at radius 3 is 2.94 bits per heavy atom. The SMILES string of the molecule is COC(=O)Cc1nc(-c2cccc(Cl)c2Cl)cs1. The van der Waals surface area contributed by atoms with E-state index in [9.17, 15) is 4.79 Å². The summed E-state index contributed by atoms with van der Waals surface area (Å²) in [5.74, 6) is -0.312. The summed E-state index contributed by atoms with van der Waals surface area (Å²) in [6.07, 6.45) is 0.166. The molecule has 0 saturated heterocycles. The highest BCUT2D eigenvalue weighted by atomic mass is 35.5. The average molecular weight is 302 g/mol. The Balaban J connectivity index is 2.29. The Bertz CT molecular complexity index is 583. The molecule has 94 valence electrons. The van der Waals surface area contributed by atoms with Gasteiger partial charge in [-0.05, 0) is 6.07 Å². The van der Waals surface area contributed by atoms with Gasteiger partial charge < -0.3 is 4.74 Å². The van der Waals surface area contributed by atoms with Crippen LogP contribution in [0.3, 0.4) is 0 Å². The Kier molecular flexibility index (Phi) is 4.22. The van der Waals surface area contributed by atoms with Gasteiger partial charge in [-0.3, -0.25) is 4.79 Å². The van der Waals surface area contributed by atoms with Gasteiger partial charge in [-0.1, -0.05) is 35.3 Å². The highest BCUT2D eigenvalue weighted by Crippen LogP contribution is 2.33. The maximum Gasteiger partial charge on any atom is 0.312 e. The van der Waals surface area contributed by atoms with E-state index in [0.29, 0.717) is 20.7 Å². The predicted octanol–water partition coefficient (Wildman–Crippen LogP) is 3.83. The van der Waals surface area contributed by atoms with Crippen LogP contribution in [0.2, 0.25) is 10.0 Å². The molecule has 0 radical (unpaired) electrons. The summed E-state index contributed by atoms with van der Waals surface area (Å²) in [6.45, 7) is 0. The molecule has 1 aromatic heterocycles. The second-order valence-corrected chi connectivity index (χ2v) is 5.21. The van der Waals surface area contributed by atoms with Crippen molar-refractivity contribution in [3.63, 3.8) is 0 Å². The molecule has 0 amide bonds. The number of aromatic nitrogens is 1. The van der Waals surface area contributed by atoms with E-state index in [0.717, 1.165) is 5.56 Å². The van der Waals surface area contributed by atoms with Crippen molar-refractivity contribution < 1.29 is 9.53 Å². The first kappa shape index (κ1) is 13.3. The third-order valence-electron chi connectivity index (χ3n) is 2.30. The molecular formula is C12H9Cl2NO2S. The van der Waals surface area contributed by atoms with Crippen LogP contribution in [-0.4, -0.2) is 18.1 Å². The summed E-state index contributed by atoms with van der Waals surface area (Å²) >= 11 is 13.4. The van der Waals surface area contributed by atoms with Crippen LogP contribution in [0, 0.1) is 0 Å². The number of esters is 1. The van der Waals surface area contributed by atoms with Gasteiger partial charge in [0.2, 0.25) is 0 Å². The van der Waals surface area contributed by atoms with Crippen LogP contribution in [0.15, 0.2) is 23.6 Å². The number of halogens is 2. The van der Waals surface area contributed by atoms with Crippen molar-refractivity contribution in [2.24, 2.45) is 0 Å². The van der Waals surface area contributed by atoms with Crippen LogP contribution in [0.1, 0.15) is 5.01 Å². The van der Waals surface area contributed by atoms with Gasteiger partial charge in [0.1, 0.15) is 5.01 Å². The molecule has 0 aliphatic carbocycles. The minimum absolute atomic E-state index is 0.166. The van der Waals surface area contributed by atoms with Crippen LogP contribution in [0.5, 0.6) is 0 Å². The maximum atomic E-state index is 11.1. The van der Waals surface area contributed by atoms with Crippen molar-refractivity contribution in [3.8, 4) is 11.3 Å². The average Bonchev–Trinajstić information content (AvgIpc) is 2.80. The Labute approximate surface area is 118 Å². The van der Waals surface area contributed by atoms with Crippen molar-refractivity contribution >= 4 is 40.5 Å². The van der Waals surface area contributed by atoms with E-state index in [2.05, 4.69) is 9.72 Å². The number of nitrogens with zero attached hydrogens (tertiary/aromatic N) is 1. The number of rotatable bonds is 3. The molecule has 0 unspecified atom stereocenters. The van der Waals surface area contributed by atoms with Gasteiger partial charge >= 0.3 is 5.97 Å². The molecule has 3 nitrogen and oxygen atoms in total. The van der Waals surface area contributed by atoms with E-state index in [1.807, 2.05) is 17.5 Å². The van der Waals surface area contributed by atoms with Crippen molar-refractivity contribution in [2.75, 3.05) is 7.11 Å². The van der Waals surface area contributed by atoms with E-state index < -0.39 is 0 Å². The highest BCUT2D eigenvalue weighted by molar-refractivity contribution is 7.10. The smallest absolute Gasteiger partial charge is 0.312 e. The molecule has 0 saturated carbocycles. The largest absolute Gasteiger partial charge is 0.469 e. The first-order valence-electron chi connectivity index (χ1n) is 5.07. The molecular weight excluding hydrogens is 293 g/mol. The fraction of sp³-hybridized carbons (Fsp3) is 0.167. The van der Waals surface area contributed by atoms with Gasteiger partial charge in [0.05, 0.1) is 29.3 Å².